The molecule has 0 saturated heterocycles. The van der Waals surface area contributed by atoms with Gasteiger partial charge in [-0.3, -0.25) is 13.9 Å². The van der Waals surface area contributed by atoms with Crippen molar-refractivity contribution >= 4 is 66.7 Å². The van der Waals surface area contributed by atoms with Gasteiger partial charge in [-0.1, -0.05) is 87.7 Å². The Morgan fingerprint density at radius 2 is 1.48 bits per heavy atom. The molecule has 0 radical (unpaired) electrons. The number of carbonyl (C=O) groups excluding carboxylic acids is 2. The number of hydrogen-bond donors (Lipinski definition) is 1. The topological polar surface area (TPSA) is 86.8 Å². The molecule has 230 valence electrons. The zero-order valence-corrected chi connectivity index (χ0v) is 28.1. The van der Waals surface area contributed by atoms with Crippen LogP contribution in [-0.2, 0) is 32.6 Å². The number of amides is 2. The average molecular weight is 718 g/mol. The monoisotopic (exact) mass is 715 g/mol. The van der Waals surface area contributed by atoms with Crippen LogP contribution >= 0.6 is 39.1 Å². The van der Waals surface area contributed by atoms with Crippen molar-refractivity contribution in [3.8, 4) is 0 Å². The van der Waals surface area contributed by atoms with Crippen molar-refractivity contribution < 1.29 is 18.0 Å². The first-order valence-electron chi connectivity index (χ1n) is 13.9. The smallest absolute Gasteiger partial charge is 0.264 e. The molecule has 11 heteroatoms. The molecule has 7 nitrogen and oxygen atoms in total. The fourth-order valence-corrected chi connectivity index (χ4v) is 6.60. The molecule has 0 aliphatic heterocycles. The molecule has 1 unspecified atom stereocenters. The first-order valence-corrected chi connectivity index (χ1v) is 16.8. The minimum Gasteiger partial charge on any atom is -0.352 e. The van der Waals surface area contributed by atoms with Crippen LogP contribution in [0.15, 0.2) is 112 Å². The molecule has 0 aliphatic carbocycles. The van der Waals surface area contributed by atoms with E-state index in [0.29, 0.717) is 10.0 Å². The van der Waals surface area contributed by atoms with Crippen molar-refractivity contribution in [2.24, 2.45) is 0 Å². The summed E-state index contributed by atoms with van der Waals surface area (Å²) >= 11 is 15.7. The van der Waals surface area contributed by atoms with Crippen molar-refractivity contribution in [1.82, 2.24) is 10.2 Å². The summed E-state index contributed by atoms with van der Waals surface area (Å²) in [4.78, 5) is 29.5. The highest BCUT2D eigenvalue weighted by atomic mass is 79.9. The van der Waals surface area contributed by atoms with Crippen LogP contribution in [0, 0.1) is 0 Å². The maximum absolute atomic E-state index is 14.4. The third kappa shape index (κ3) is 8.85. The summed E-state index contributed by atoms with van der Waals surface area (Å²) in [6.07, 6.45) is 0.225. The van der Waals surface area contributed by atoms with Crippen LogP contribution in [0.25, 0.3) is 0 Å². The molecule has 0 aliphatic rings. The molecule has 0 spiro atoms. The van der Waals surface area contributed by atoms with Gasteiger partial charge in [0.1, 0.15) is 12.6 Å². The van der Waals surface area contributed by atoms with Gasteiger partial charge in [0.2, 0.25) is 11.8 Å². The lowest BCUT2D eigenvalue weighted by Crippen LogP contribution is -2.54. The SMILES string of the molecule is CC(C)NC(=O)C(Cc1ccccc1)N(Cc1ccc(Br)cc1)C(=O)CN(c1cccc(Cl)c1)S(=O)(=O)c1ccc(Cl)cc1. The summed E-state index contributed by atoms with van der Waals surface area (Å²) in [7, 11) is -4.26. The van der Waals surface area contributed by atoms with Gasteiger partial charge in [0.15, 0.2) is 0 Å². The standard InChI is InChI=1S/C33H32BrCl2N3O4S/c1-23(2)37-33(41)31(19-24-7-4-3-5-8-24)38(21-25-11-13-26(34)14-12-25)32(40)22-39(29-10-6-9-28(36)20-29)44(42,43)30-17-15-27(35)16-18-30/h3-18,20,23,31H,19,21-22H2,1-2H3,(H,37,41). The summed E-state index contributed by atoms with van der Waals surface area (Å²) in [6, 6.07) is 27.7. The summed E-state index contributed by atoms with van der Waals surface area (Å²) in [6.45, 7) is 3.18. The maximum atomic E-state index is 14.4. The maximum Gasteiger partial charge on any atom is 0.264 e. The molecule has 0 fully saturated rings. The Balaban J connectivity index is 1.80. The highest BCUT2D eigenvalue weighted by Crippen LogP contribution is 2.28. The van der Waals surface area contributed by atoms with E-state index in [9.17, 15) is 18.0 Å². The summed E-state index contributed by atoms with van der Waals surface area (Å²) in [5, 5.41) is 3.62. The molecule has 4 aromatic carbocycles. The quantitative estimate of drug-likeness (QED) is 0.169. The molecular formula is C33H32BrCl2N3O4S. The lowest BCUT2D eigenvalue weighted by Gasteiger charge is -2.34. The fraction of sp³-hybridized carbons (Fsp3) is 0.212. The second kappa shape index (κ2) is 15.1. The zero-order valence-electron chi connectivity index (χ0n) is 24.2. The van der Waals surface area contributed by atoms with Gasteiger partial charge >= 0.3 is 0 Å². The number of anilines is 1. The predicted molar refractivity (Wildman–Crippen MR) is 179 cm³/mol. The lowest BCUT2D eigenvalue weighted by atomic mass is 10.0. The van der Waals surface area contributed by atoms with Gasteiger partial charge in [-0.25, -0.2) is 8.42 Å². The van der Waals surface area contributed by atoms with Gasteiger partial charge in [0, 0.05) is 33.5 Å². The van der Waals surface area contributed by atoms with E-state index in [0.717, 1.165) is 19.9 Å². The van der Waals surface area contributed by atoms with Crippen LogP contribution < -0.4 is 9.62 Å². The van der Waals surface area contributed by atoms with Crippen LogP contribution in [-0.4, -0.2) is 43.8 Å². The molecule has 44 heavy (non-hydrogen) atoms. The fourth-order valence-electron chi connectivity index (χ4n) is 4.61. The number of hydrogen-bond acceptors (Lipinski definition) is 4. The van der Waals surface area contributed by atoms with Crippen molar-refractivity contribution in [2.75, 3.05) is 10.8 Å². The Hall–Kier alpha value is -3.37. The molecule has 1 atom stereocenters. The van der Waals surface area contributed by atoms with E-state index >= 15 is 0 Å². The molecule has 4 rings (SSSR count). The zero-order chi connectivity index (χ0) is 31.9. The van der Waals surface area contributed by atoms with Crippen molar-refractivity contribution in [3.63, 3.8) is 0 Å². The molecule has 4 aromatic rings. The Morgan fingerprint density at radius 1 is 0.818 bits per heavy atom. The van der Waals surface area contributed by atoms with Crippen LogP contribution in [0.1, 0.15) is 25.0 Å². The van der Waals surface area contributed by atoms with Gasteiger partial charge in [-0.15, -0.1) is 0 Å². The van der Waals surface area contributed by atoms with Crippen molar-refractivity contribution in [1.29, 1.82) is 0 Å². The highest BCUT2D eigenvalue weighted by Gasteiger charge is 2.35. The first-order chi connectivity index (χ1) is 20.9. The molecular weight excluding hydrogens is 685 g/mol. The van der Waals surface area contributed by atoms with Crippen LogP contribution in [0.3, 0.4) is 0 Å². The van der Waals surface area contributed by atoms with Crippen LogP contribution in [0.4, 0.5) is 5.69 Å². The third-order valence-electron chi connectivity index (χ3n) is 6.74. The van der Waals surface area contributed by atoms with Gasteiger partial charge in [0.25, 0.3) is 10.0 Å². The van der Waals surface area contributed by atoms with Crippen molar-refractivity contribution in [2.45, 2.75) is 43.8 Å². The first kappa shape index (κ1) is 33.5. The second-order valence-electron chi connectivity index (χ2n) is 10.5. The predicted octanol–water partition coefficient (Wildman–Crippen LogP) is 7.12. The van der Waals surface area contributed by atoms with Crippen LogP contribution in [0.2, 0.25) is 10.0 Å². The van der Waals surface area contributed by atoms with E-state index in [1.54, 1.807) is 18.2 Å². The number of halogens is 3. The van der Waals surface area contributed by atoms with Crippen LogP contribution in [0.5, 0.6) is 0 Å². The minimum absolute atomic E-state index is 0.0486. The summed E-state index contributed by atoms with van der Waals surface area (Å²) in [5.74, 6) is -0.908. The molecule has 0 aromatic heterocycles. The largest absolute Gasteiger partial charge is 0.352 e. The summed E-state index contributed by atoms with van der Waals surface area (Å²) in [5.41, 5.74) is 1.83. The number of benzene rings is 4. The summed E-state index contributed by atoms with van der Waals surface area (Å²) < 4.78 is 29.9. The van der Waals surface area contributed by atoms with E-state index in [-0.39, 0.29) is 35.5 Å². The Labute approximate surface area is 277 Å². The van der Waals surface area contributed by atoms with E-state index in [1.807, 2.05) is 68.4 Å². The second-order valence-corrected chi connectivity index (χ2v) is 14.1. The molecule has 0 bridgehead atoms. The number of nitrogens with one attached hydrogen (secondary N) is 1. The molecule has 0 saturated carbocycles. The minimum atomic E-state index is -4.26. The number of rotatable bonds is 12. The highest BCUT2D eigenvalue weighted by molar-refractivity contribution is 9.10. The van der Waals surface area contributed by atoms with Gasteiger partial charge < -0.3 is 10.2 Å². The lowest BCUT2D eigenvalue weighted by molar-refractivity contribution is -0.140. The number of sulfonamides is 1. The van der Waals surface area contributed by atoms with E-state index < -0.39 is 28.5 Å². The third-order valence-corrected chi connectivity index (χ3v) is 9.55. The average Bonchev–Trinajstić information content (AvgIpc) is 2.98. The van der Waals surface area contributed by atoms with E-state index in [4.69, 9.17) is 23.2 Å². The van der Waals surface area contributed by atoms with Gasteiger partial charge in [-0.2, -0.15) is 0 Å². The normalized spacial score (nSPS) is 12.0. The Bertz CT molecular complexity index is 1690. The van der Waals surface area contributed by atoms with Crippen molar-refractivity contribution in [3.05, 3.63) is 129 Å². The number of nitrogens with zero attached hydrogens (tertiary/aromatic N) is 2. The molecule has 1 N–H and O–H groups in total. The van der Waals surface area contributed by atoms with E-state index in [1.165, 1.54) is 35.2 Å². The number of carbonyl (C=O) groups is 2. The van der Waals surface area contributed by atoms with Gasteiger partial charge in [-0.05, 0) is 79.6 Å². The molecule has 0 heterocycles. The van der Waals surface area contributed by atoms with E-state index in [2.05, 4.69) is 21.2 Å². The van der Waals surface area contributed by atoms with Gasteiger partial charge in [0.05, 0.1) is 10.6 Å². The Morgan fingerprint density at radius 3 is 2.09 bits per heavy atom. The Kier molecular flexibility index (Phi) is 11.5. The molecule has 2 amide bonds.